The fourth-order valence-electron chi connectivity index (χ4n) is 5.46. The number of benzene rings is 2. The second kappa shape index (κ2) is 13.4. The number of primary amides is 1. The van der Waals surface area contributed by atoms with Crippen molar-refractivity contribution in [3.05, 3.63) is 107 Å². The summed E-state index contributed by atoms with van der Waals surface area (Å²) in [5.41, 5.74) is 10.8. The molecule has 0 spiro atoms. The summed E-state index contributed by atoms with van der Waals surface area (Å²) in [6.07, 6.45) is 4.36. The first-order valence-electron chi connectivity index (χ1n) is 14.6. The van der Waals surface area contributed by atoms with Crippen LogP contribution in [-0.4, -0.2) is 54.4 Å². The van der Waals surface area contributed by atoms with E-state index in [1.165, 1.54) is 12.3 Å². The van der Waals surface area contributed by atoms with Crippen LogP contribution in [0, 0.1) is 13.8 Å². The number of nitrogens with one attached hydrogen (secondary N) is 2. The van der Waals surface area contributed by atoms with E-state index in [1.807, 2.05) is 50.2 Å². The lowest BCUT2D eigenvalue weighted by molar-refractivity contribution is 0.0994. The number of amides is 2. The summed E-state index contributed by atoms with van der Waals surface area (Å²) in [7, 11) is -3.36. The standard InChI is InChI=1S/C33H36N6O5S/c1-21-18-25(38-45(3,42)43)10-12-30(21)44-31-13-8-24(22(2)36-31)20-39-16-14-23(15-17-39)27-6-4-5-7-28(27)33(41)37-26-9-11-29(32(34)40)35-19-26/h4-13,18-19,23,38H,14-17,20H2,1-3H3,(H2,34,40)(H,37,41). The highest BCUT2D eigenvalue weighted by Gasteiger charge is 2.25. The molecule has 0 bridgehead atoms. The number of nitrogens with zero attached hydrogens (tertiary/aromatic N) is 3. The van der Waals surface area contributed by atoms with Crippen LogP contribution in [0.15, 0.2) is 72.9 Å². The van der Waals surface area contributed by atoms with Crippen LogP contribution in [0.3, 0.4) is 0 Å². The highest BCUT2D eigenvalue weighted by Crippen LogP contribution is 2.32. The molecule has 0 unspecified atom stereocenters. The number of aryl methyl sites for hydroxylation is 2. The lowest BCUT2D eigenvalue weighted by Gasteiger charge is -2.33. The number of pyridine rings is 2. The molecule has 0 saturated carbocycles. The number of likely N-dealkylation sites (tertiary alicyclic amines) is 1. The zero-order valence-corrected chi connectivity index (χ0v) is 26.2. The molecule has 4 N–H and O–H groups in total. The lowest BCUT2D eigenvalue weighted by atomic mass is 9.86. The predicted molar refractivity (Wildman–Crippen MR) is 173 cm³/mol. The summed E-state index contributed by atoms with van der Waals surface area (Å²) in [4.78, 5) is 35.5. The molecule has 4 aromatic rings. The highest BCUT2D eigenvalue weighted by atomic mass is 32.2. The zero-order chi connectivity index (χ0) is 32.1. The second-order valence-corrected chi connectivity index (χ2v) is 13.0. The number of anilines is 2. The van der Waals surface area contributed by atoms with Crippen LogP contribution in [0.1, 0.15) is 62.0 Å². The van der Waals surface area contributed by atoms with Crippen molar-refractivity contribution < 1.29 is 22.7 Å². The first kappa shape index (κ1) is 31.6. The van der Waals surface area contributed by atoms with E-state index < -0.39 is 15.9 Å². The van der Waals surface area contributed by atoms with Crippen molar-refractivity contribution in [2.24, 2.45) is 5.73 Å². The van der Waals surface area contributed by atoms with Crippen LogP contribution in [-0.2, 0) is 16.6 Å². The van der Waals surface area contributed by atoms with E-state index >= 15 is 0 Å². The van der Waals surface area contributed by atoms with E-state index in [9.17, 15) is 18.0 Å². The number of nitrogens with two attached hydrogens (primary N) is 1. The van der Waals surface area contributed by atoms with Gasteiger partial charge in [0, 0.05) is 29.6 Å². The van der Waals surface area contributed by atoms with Gasteiger partial charge in [0.05, 0.1) is 18.1 Å². The van der Waals surface area contributed by atoms with Crippen molar-refractivity contribution in [3.63, 3.8) is 0 Å². The largest absolute Gasteiger partial charge is 0.439 e. The molecule has 11 nitrogen and oxygen atoms in total. The minimum Gasteiger partial charge on any atom is -0.439 e. The molecule has 0 radical (unpaired) electrons. The van der Waals surface area contributed by atoms with Gasteiger partial charge in [-0.05, 0) is 98.8 Å². The van der Waals surface area contributed by atoms with Crippen LogP contribution in [0.4, 0.5) is 11.4 Å². The third-order valence-electron chi connectivity index (χ3n) is 7.76. The average molecular weight is 629 g/mol. The predicted octanol–water partition coefficient (Wildman–Crippen LogP) is 4.99. The van der Waals surface area contributed by atoms with Crippen LogP contribution < -0.4 is 20.5 Å². The van der Waals surface area contributed by atoms with Gasteiger partial charge in [-0.3, -0.25) is 19.2 Å². The number of rotatable bonds is 10. The van der Waals surface area contributed by atoms with Gasteiger partial charge in [-0.15, -0.1) is 0 Å². The molecule has 12 heteroatoms. The van der Waals surface area contributed by atoms with Gasteiger partial charge in [-0.1, -0.05) is 24.3 Å². The number of sulfonamides is 1. The second-order valence-electron chi connectivity index (χ2n) is 11.2. The van der Waals surface area contributed by atoms with Crippen molar-refractivity contribution in [2.75, 3.05) is 29.4 Å². The third kappa shape index (κ3) is 8.22. The summed E-state index contributed by atoms with van der Waals surface area (Å²) in [5.74, 6) is 0.472. The topological polar surface area (TPSA) is 157 Å². The lowest BCUT2D eigenvalue weighted by Crippen LogP contribution is -2.33. The Morgan fingerprint density at radius 2 is 1.73 bits per heavy atom. The van der Waals surface area contributed by atoms with Crippen LogP contribution >= 0.6 is 0 Å². The Morgan fingerprint density at radius 1 is 1.00 bits per heavy atom. The smallest absolute Gasteiger partial charge is 0.267 e. The van der Waals surface area contributed by atoms with Gasteiger partial charge in [0.2, 0.25) is 15.9 Å². The fourth-order valence-corrected chi connectivity index (χ4v) is 6.01. The summed E-state index contributed by atoms with van der Waals surface area (Å²) < 4.78 is 31.5. The van der Waals surface area contributed by atoms with E-state index in [0.29, 0.717) is 28.6 Å². The van der Waals surface area contributed by atoms with Crippen molar-refractivity contribution in [1.82, 2.24) is 14.9 Å². The quantitative estimate of drug-likeness (QED) is 0.222. The molecule has 0 aliphatic carbocycles. The minimum absolute atomic E-state index is 0.138. The van der Waals surface area contributed by atoms with Crippen molar-refractivity contribution in [1.29, 1.82) is 0 Å². The summed E-state index contributed by atoms with van der Waals surface area (Å²) >= 11 is 0. The van der Waals surface area contributed by atoms with Crippen LogP contribution in [0.25, 0.3) is 0 Å². The van der Waals surface area contributed by atoms with E-state index in [2.05, 4.69) is 24.9 Å². The molecule has 5 rings (SSSR count). The molecular formula is C33H36N6O5S. The first-order chi connectivity index (χ1) is 21.4. The molecule has 1 aliphatic heterocycles. The maximum atomic E-state index is 13.2. The third-order valence-corrected chi connectivity index (χ3v) is 8.37. The van der Waals surface area contributed by atoms with E-state index in [4.69, 9.17) is 10.5 Å². The number of carbonyl (C=O) groups is 2. The molecule has 45 heavy (non-hydrogen) atoms. The van der Waals surface area contributed by atoms with Gasteiger partial charge >= 0.3 is 0 Å². The minimum atomic E-state index is -3.36. The Labute approximate surface area is 262 Å². The van der Waals surface area contributed by atoms with E-state index in [-0.39, 0.29) is 17.5 Å². The summed E-state index contributed by atoms with van der Waals surface area (Å²) in [5, 5.41) is 2.88. The number of piperidine rings is 1. The Balaban J connectivity index is 1.18. The molecule has 2 amide bonds. The van der Waals surface area contributed by atoms with Crippen LogP contribution in [0.5, 0.6) is 11.6 Å². The molecule has 1 fully saturated rings. The Morgan fingerprint density at radius 3 is 2.38 bits per heavy atom. The Kier molecular flexibility index (Phi) is 9.45. The normalized spacial score (nSPS) is 14.1. The summed E-state index contributed by atoms with van der Waals surface area (Å²) in [6.45, 7) is 6.33. The van der Waals surface area contributed by atoms with Gasteiger partial charge < -0.3 is 15.8 Å². The fraction of sp³-hybridized carbons (Fsp3) is 0.273. The van der Waals surface area contributed by atoms with Gasteiger partial charge in [0.25, 0.3) is 11.8 Å². The van der Waals surface area contributed by atoms with Crippen molar-refractivity contribution in [3.8, 4) is 11.6 Å². The molecule has 2 aromatic heterocycles. The monoisotopic (exact) mass is 628 g/mol. The number of ether oxygens (including phenoxy) is 1. The van der Waals surface area contributed by atoms with Gasteiger partial charge in [0.1, 0.15) is 11.4 Å². The number of hydrogen-bond acceptors (Lipinski definition) is 8. The van der Waals surface area contributed by atoms with Crippen molar-refractivity contribution in [2.45, 2.75) is 39.2 Å². The maximum Gasteiger partial charge on any atom is 0.267 e. The summed E-state index contributed by atoms with van der Waals surface area (Å²) in [6, 6.07) is 19.8. The molecule has 3 heterocycles. The molecule has 2 aromatic carbocycles. The zero-order valence-electron chi connectivity index (χ0n) is 25.4. The molecule has 0 atom stereocenters. The van der Waals surface area contributed by atoms with E-state index in [0.717, 1.165) is 61.1 Å². The van der Waals surface area contributed by atoms with Gasteiger partial charge in [0.15, 0.2) is 0 Å². The molecular weight excluding hydrogens is 592 g/mol. The van der Waals surface area contributed by atoms with Gasteiger partial charge in [-0.2, -0.15) is 0 Å². The Hall–Kier alpha value is -4.81. The van der Waals surface area contributed by atoms with Crippen molar-refractivity contribution >= 4 is 33.2 Å². The maximum absolute atomic E-state index is 13.2. The van der Waals surface area contributed by atoms with E-state index in [1.54, 1.807) is 24.3 Å². The molecule has 1 aliphatic rings. The molecule has 234 valence electrons. The van der Waals surface area contributed by atoms with Gasteiger partial charge in [-0.25, -0.2) is 18.4 Å². The number of hydrogen-bond donors (Lipinski definition) is 3. The molecule has 1 saturated heterocycles. The number of carbonyl (C=O) groups excluding carboxylic acids is 2. The SMILES string of the molecule is Cc1cc(NS(C)(=O)=O)ccc1Oc1ccc(CN2CCC(c3ccccc3C(=O)Nc3ccc(C(N)=O)nc3)CC2)c(C)n1. The van der Waals surface area contributed by atoms with Crippen LogP contribution in [0.2, 0.25) is 0 Å². The average Bonchev–Trinajstić information content (AvgIpc) is 3.00. The Bertz CT molecular complexity index is 1820. The highest BCUT2D eigenvalue weighted by molar-refractivity contribution is 7.92. The first-order valence-corrected chi connectivity index (χ1v) is 16.5. The number of aromatic nitrogens is 2.